The summed E-state index contributed by atoms with van der Waals surface area (Å²) in [6, 6.07) is 19.1. The number of nitrogens with two attached hydrogens (primary N) is 1. The summed E-state index contributed by atoms with van der Waals surface area (Å²) < 4.78 is 13.4. The van der Waals surface area contributed by atoms with Crippen LogP contribution in [0.2, 0.25) is 0 Å². The van der Waals surface area contributed by atoms with Crippen LogP contribution in [-0.2, 0) is 4.57 Å². The molecule has 0 radical (unpaired) electrons. The summed E-state index contributed by atoms with van der Waals surface area (Å²) in [7, 11) is -2.74. The van der Waals surface area contributed by atoms with Crippen LogP contribution in [0.5, 0.6) is 0 Å². The molecule has 0 aromatic heterocycles. The van der Waals surface area contributed by atoms with Gasteiger partial charge in [0.25, 0.3) is 0 Å². The molecule has 0 saturated heterocycles. The van der Waals surface area contributed by atoms with E-state index in [0.717, 1.165) is 10.6 Å². The van der Waals surface area contributed by atoms with E-state index in [9.17, 15) is 4.57 Å². The molecule has 1 atom stereocenters. The van der Waals surface area contributed by atoms with Crippen LogP contribution in [0.3, 0.4) is 0 Å². The largest absolute Gasteiger partial charge is 0.321 e. The lowest BCUT2D eigenvalue weighted by molar-refractivity contribution is 0.575. The molecule has 0 aliphatic carbocycles. The van der Waals surface area contributed by atoms with Gasteiger partial charge in [0.05, 0.1) is 5.78 Å². The summed E-state index contributed by atoms with van der Waals surface area (Å²) >= 11 is 0. The van der Waals surface area contributed by atoms with Gasteiger partial charge in [0.1, 0.15) is 0 Å². The lowest BCUT2D eigenvalue weighted by Gasteiger charge is -2.24. The quantitative estimate of drug-likeness (QED) is 0.858. The second kappa shape index (κ2) is 5.51. The smallest absolute Gasteiger partial charge is 0.159 e. The Morgan fingerprint density at radius 1 is 0.944 bits per heavy atom. The number of hydrogen-bond donors (Lipinski definition) is 1. The highest BCUT2D eigenvalue weighted by Gasteiger charge is 2.32. The standard InChI is InChI=1S/C15H18NOP/c1-2-15(16)18(17,13-9-5-3-6-10-13)14-11-7-4-8-12-14/h3-12,15H,2,16H2,1H3. The average molecular weight is 259 g/mol. The zero-order valence-electron chi connectivity index (χ0n) is 10.5. The molecule has 2 aromatic rings. The summed E-state index contributed by atoms with van der Waals surface area (Å²) in [6.45, 7) is 1.98. The average Bonchev–Trinajstić information content (AvgIpc) is 2.47. The molecule has 0 spiro atoms. The molecule has 94 valence electrons. The van der Waals surface area contributed by atoms with Crippen molar-refractivity contribution >= 4 is 17.8 Å². The van der Waals surface area contributed by atoms with Gasteiger partial charge in [-0.3, -0.25) is 0 Å². The van der Waals surface area contributed by atoms with Gasteiger partial charge in [0.15, 0.2) is 7.14 Å². The molecule has 0 amide bonds. The molecule has 0 heterocycles. The summed E-state index contributed by atoms with van der Waals surface area (Å²) in [6.07, 6.45) is 0.696. The van der Waals surface area contributed by atoms with Gasteiger partial charge in [-0.05, 0) is 6.42 Å². The third-order valence-electron chi connectivity index (χ3n) is 3.16. The SMILES string of the molecule is CCC(N)P(=O)(c1ccccc1)c1ccccc1. The van der Waals surface area contributed by atoms with E-state index in [0.29, 0.717) is 6.42 Å². The van der Waals surface area contributed by atoms with E-state index >= 15 is 0 Å². The number of hydrogen-bond acceptors (Lipinski definition) is 2. The van der Waals surface area contributed by atoms with Crippen molar-refractivity contribution in [1.82, 2.24) is 0 Å². The highest BCUT2D eigenvalue weighted by molar-refractivity contribution is 7.79. The monoisotopic (exact) mass is 259 g/mol. The first-order valence-corrected chi connectivity index (χ1v) is 7.93. The van der Waals surface area contributed by atoms with E-state index in [1.807, 2.05) is 67.6 Å². The molecule has 1 unspecified atom stereocenters. The highest BCUT2D eigenvalue weighted by Crippen LogP contribution is 2.47. The fourth-order valence-corrected chi connectivity index (χ4v) is 4.90. The number of benzene rings is 2. The minimum atomic E-state index is -2.74. The maximum Gasteiger partial charge on any atom is 0.159 e. The molecule has 0 fully saturated rings. The Morgan fingerprint density at radius 3 is 1.67 bits per heavy atom. The molecule has 2 aromatic carbocycles. The van der Waals surface area contributed by atoms with Crippen molar-refractivity contribution in [2.45, 2.75) is 19.1 Å². The Bertz CT molecular complexity index is 495. The lowest BCUT2D eigenvalue weighted by atomic mass is 10.4. The van der Waals surface area contributed by atoms with Crippen LogP contribution in [0.4, 0.5) is 0 Å². The first-order valence-electron chi connectivity index (χ1n) is 6.16. The topological polar surface area (TPSA) is 43.1 Å². The van der Waals surface area contributed by atoms with Crippen LogP contribution in [0, 0.1) is 0 Å². The maximum absolute atomic E-state index is 13.4. The summed E-state index contributed by atoms with van der Waals surface area (Å²) in [5, 5.41) is 1.68. The van der Waals surface area contributed by atoms with Crippen LogP contribution in [-0.4, -0.2) is 5.78 Å². The minimum Gasteiger partial charge on any atom is -0.321 e. The van der Waals surface area contributed by atoms with Gasteiger partial charge in [-0.1, -0.05) is 67.6 Å². The highest BCUT2D eigenvalue weighted by atomic mass is 31.2. The summed E-state index contributed by atoms with van der Waals surface area (Å²) in [5.74, 6) is -0.331. The van der Waals surface area contributed by atoms with Gasteiger partial charge < -0.3 is 10.3 Å². The van der Waals surface area contributed by atoms with Crippen LogP contribution in [0.15, 0.2) is 60.7 Å². The second-order valence-electron chi connectivity index (χ2n) is 4.30. The maximum atomic E-state index is 13.4. The molecule has 2 nitrogen and oxygen atoms in total. The molecular weight excluding hydrogens is 241 g/mol. The fourth-order valence-electron chi connectivity index (χ4n) is 2.09. The van der Waals surface area contributed by atoms with Crippen molar-refractivity contribution in [2.75, 3.05) is 0 Å². The molecule has 0 bridgehead atoms. The zero-order chi connectivity index (χ0) is 13.0. The van der Waals surface area contributed by atoms with Gasteiger partial charge in [-0.25, -0.2) is 0 Å². The van der Waals surface area contributed by atoms with Gasteiger partial charge >= 0.3 is 0 Å². The van der Waals surface area contributed by atoms with E-state index in [2.05, 4.69) is 0 Å². The molecule has 2 N–H and O–H groups in total. The van der Waals surface area contributed by atoms with Gasteiger partial charge in [-0.2, -0.15) is 0 Å². The molecule has 18 heavy (non-hydrogen) atoms. The van der Waals surface area contributed by atoms with Crippen LogP contribution in [0.25, 0.3) is 0 Å². The van der Waals surface area contributed by atoms with E-state index in [-0.39, 0.29) is 5.78 Å². The van der Waals surface area contributed by atoms with Gasteiger partial charge in [-0.15, -0.1) is 0 Å². The van der Waals surface area contributed by atoms with E-state index < -0.39 is 7.14 Å². The van der Waals surface area contributed by atoms with Gasteiger partial charge in [0.2, 0.25) is 0 Å². The number of rotatable bonds is 4. The Morgan fingerprint density at radius 2 is 1.33 bits per heavy atom. The Kier molecular flexibility index (Phi) is 4.00. The molecule has 2 rings (SSSR count). The lowest BCUT2D eigenvalue weighted by Crippen LogP contribution is -2.31. The molecule has 0 aliphatic rings. The molecular formula is C15H18NOP. The van der Waals surface area contributed by atoms with E-state index in [4.69, 9.17) is 5.73 Å². The predicted octanol–water partition coefficient (Wildman–Crippen LogP) is 2.70. The summed E-state index contributed by atoms with van der Waals surface area (Å²) in [5.41, 5.74) is 6.15. The van der Waals surface area contributed by atoms with Crippen LogP contribution >= 0.6 is 7.14 Å². The second-order valence-corrected chi connectivity index (χ2v) is 7.32. The molecule has 3 heteroatoms. The molecule has 0 aliphatic heterocycles. The van der Waals surface area contributed by atoms with Crippen LogP contribution in [0.1, 0.15) is 13.3 Å². The summed E-state index contributed by atoms with van der Waals surface area (Å²) in [4.78, 5) is 0. The predicted molar refractivity (Wildman–Crippen MR) is 78.0 cm³/mol. The Hall–Kier alpha value is -1.37. The van der Waals surface area contributed by atoms with Crippen molar-refractivity contribution in [3.05, 3.63) is 60.7 Å². The van der Waals surface area contributed by atoms with Crippen molar-refractivity contribution in [1.29, 1.82) is 0 Å². The van der Waals surface area contributed by atoms with Crippen LogP contribution < -0.4 is 16.3 Å². The third kappa shape index (κ3) is 2.27. The van der Waals surface area contributed by atoms with Crippen molar-refractivity contribution in [2.24, 2.45) is 5.73 Å². The first-order chi connectivity index (χ1) is 8.69. The van der Waals surface area contributed by atoms with Gasteiger partial charge in [0, 0.05) is 10.6 Å². The Balaban J connectivity index is 2.59. The fraction of sp³-hybridized carbons (Fsp3) is 0.200. The third-order valence-corrected chi connectivity index (χ3v) is 6.59. The first kappa shape index (κ1) is 13.1. The van der Waals surface area contributed by atoms with E-state index in [1.54, 1.807) is 0 Å². The van der Waals surface area contributed by atoms with Crippen molar-refractivity contribution in [3.8, 4) is 0 Å². The van der Waals surface area contributed by atoms with Crippen molar-refractivity contribution < 1.29 is 4.57 Å². The van der Waals surface area contributed by atoms with E-state index in [1.165, 1.54) is 0 Å². The van der Waals surface area contributed by atoms with Crippen molar-refractivity contribution in [3.63, 3.8) is 0 Å². The normalized spacial score (nSPS) is 13.2. The zero-order valence-corrected chi connectivity index (χ0v) is 11.4. The Labute approximate surface area is 108 Å². The molecule has 0 saturated carbocycles. The minimum absolute atomic E-state index is 0.331.